The van der Waals surface area contributed by atoms with Gasteiger partial charge in [0.2, 0.25) is 0 Å². The Morgan fingerprint density at radius 3 is 2.70 bits per heavy atom. The maximum absolute atomic E-state index is 12.8. The van der Waals surface area contributed by atoms with Crippen molar-refractivity contribution in [2.75, 3.05) is 13.2 Å². The second-order valence-corrected chi connectivity index (χ2v) is 7.16. The number of hydrogen-bond donors (Lipinski definition) is 1. The largest absolute Gasteiger partial charge is 0.396 e. The summed E-state index contributed by atoms with van der Waals surface area (Å²) < 4.78 is 0. The number of piperidine rings is 1. The quantitative estimate of drug-likeness (QED) is 0.939. The molecule has 1 aromatic heterocycles. The smallest absolute Gasteiger partial charge is 0.254 e. The number of likely N-dealkylation sites (tertiary alicyclic amines) is 1. The van der Waals surface area contributed by atoms with Gasteiger partial charge in [-0.1, -0.05) is 12.1 Å². The lowest BCUT2D eigenvalue weighted by molar-refractivity contribution is 0.0489. The van der Waals surface area contributed by atoms with Crippen LogP contribution in [-0.2, 0) is 0 Å². The van der Waals surface area contributed by atoms with Gasteiger partial charge in [-0.25, -0.2) is 4.98 Å². The van der Waals surface area contributed by atoms with Crippen LogP contribution in [0.5, 0.6) is 0 Å². The van der Waals surface area contributed by atoms with Gasteiger partial charge in [0, 0.05) is 41.4 Å². The van der Waals surface area contributed by atoms with Gasteiger partial charge in [0.15, 0.2) is 0 Å². The van der Waals surface area contributed by atoms with E-state index in [1.54, 1.807) is 11.3 Å². The molecule has 5 heteroatoms. The number of aliphatic hydroxyl groups excluding tert-OH is 1. The van der Waals surface area contributed by atoms with E-state index >= 15 is 0 Å². The minimum Gasteiger partial charge on any atom is -0.396 e. The molecule has 2 atom stereocenters. The first-order valence-corrected chi connectivity index (χ1v) is 8.91. The van der Waals surface area contributed by atoms with E-state index < -0.39 is 0 Å². The van der Waals surface area contributed by atoms with Crippen LogP contribution >= 0.6 is 11.3 Å². The molecule has 1 amide bonds. The van der Waals surface area contributed by atoms with Gasteiger partial charge in [-0.05, 0) is 44.7 Å². The zero-order chi connectivity index (χ0) is 16.4. The van der Waals surface area contributed by atoms with E-state index in [9.17, 15) is 9.90 Å². The van der Waals surface area contributed by atoms with Crippen molar-refractivity contribution < 1.29 is 9.90 Å². The van der Waals surface area contributed by atoms with E-state index in [-0.39, 0.29) is 24.5 Å². The Morgan fingerprint density at radius 1 is 1.35 bits per heavy atom. The van der Waals surface area contributed by atoms with Gasteiger partial charge in [-0.3, -0.25) is 4.79 Å². The summed E-state index contributed by atoms with van der Waals surface area (Å²) >= 11 is 1.61. The molecule has 3 rings (SSSR count). The van der Waals surface area contributed by atoms with Gasteiger partial charge in [-0.15, -0.1) is 11.3 Å². The second-order valence-electron chi connectivity index (χ2n) is 6.30. The number of amides is 1. The van der Waals surface area contributed by atoms with Gasteiger partial charge in [0.05, 0.1) is 0 Å². The summed E-state index contributed by atoms with van der Waals surface area (Å²) in [7, 11) is 0. The average Bonchev–Trinajstić information content (AvgIpc) is 3.01. The third kappa shape index (κ3) is 3.46. The zero-order valence-electron chi connectivity index (χ0n) is 13.5. The van der Waals surface area contributed by atoms with Crippen molar-refractivity contribution in [3.8, 4) is 10.6 Å². The van der Waals surface area contributed by atoms with Crippen molar-refractivity contribution >= 4 is 17.2 Å². The normalized spacial score (nSPS) is 21.4. The van der Waals surface area contributed by atoms with Crippen molar-refractivity contribution in [2.24, 2.45) is 5.92 Å². The summed E-state index contributed by atoms with van der Waals surface area (Å²) in [4.78, 5) is 19.1. The number of benzene rings is 1. The van der Waals surface area contributed by atoms with Crippen LogP contribution in [0.4, 0.5) is 0 Å². The van der Waals surface area contributed by atoms with Crippen LogP contribution < -0.4 is 0 Å². The molecule has 0 radical (unpaired) electrons. The zero-order valence-corrected chi connectivity index (χ0v) is 14.3. The fourth-order valence-corrected chi connectivity index (χ4v) is 3.83. The van der Waals surface area contributed by atoms with Crippen molar-refractivity contribution in [1.29, 1.82) is 0 Å². The molecule has 122 valence electrons. The number of hydrogen-bond acceptors (Lipinski definition) is 4. The lowest BCUT2D eigenvalue weighted by Gasteiger charge is -2.37. The second kappa shape index (κ2) is 6.81. The summed E-state index contributed by atoms with van der Waals surface area (Å²) in [5.41, 5.74) is 2.76. The highest BCUT2D eigenvalue weighted by Crippen LogP contribution is 2.26. The Labute approximate surface area is 140 Å². The maximum Gasteiger partial charge on any atom is 0.254 e. The molecule has 1 saturated heterocycles. The maximum atomic E-state index is 12.8. The molecule has 0 spiro atoms. The number of aryl methyl sites for hydroxylation is 1. The predicted octanol–water partition coefficient (Wildman–Crippen LogP) is 3.35. The van der Waals surface area contributed by atoms with E-state index in [2.05, 4.69) is 11.9 Å². The first-order valence-electron chi connectivity index (χ1n) is 8.03. The highest BCUT2D eigenvalue weighted by atomic mass is 32.1. The number of rotatable bonds is 3. The van der Waals surface area contributed by atoms with Crippen molar-refractivity contribution in [1.82, 2.24) is 9.88 Å². The molecule has 23 heavy (non-hydrogen) atoms. The number of aliphatic hydroxyl groups is 1. The van der Waals surface area contributed by atoms with Crippen molar-refractivity contribution in [3.63, 3.8) is 0 Å². The summed E-state index contributed by atoms with van der Waals surface area (Å²) in [6.07, 6.45) is 1.94. The van der Waals surface area contributed by atoms with Crippen LogP contribution in [0.1, 0.15) is 35.8 Å². The van der Waals surface area contributed by atoms with E-state index in [0.29, 0.717) is 12.1 Å². The molecule has 1 aliphatic rings. The summed E-state index contributed by atoms with van der Waals surface area (Å²) in [5, 5.41) is 12.4. The topological polar surface area (TPSA) is 53.4 Å². The van der Waals surface area contributed by atoms with Crippen LogP contribution in [0.3, 0.4) is 0 Å². The lowest BCUT2D eigenvalue weighted by atomic mass is 9.93. The van der Waals surface area contributed by atoms with Gasteiger partial charge in [0.1, 0.15) is 5.01 Å². The molecule has 1 fully saturated rings. The number of carbonyl (C=O) groups is 1. The Kier molecular flexibility index (Phi) is 4.78. The van der Waals surface area contributed by atoms with E-state index in [1.165, 1.54) is 0 Å². The van der Waals surface area contributed by atoms with E-state index in [1.807, 2.05) is 41.5 Å². The van der Waals surface area contributed by atoms with Crippen molar-refractivity contribution in [2.45, 2.75) is 32.7 Å². The first kappa shape index (κ1) is 16.1. The SMILES string of the molecule is Cc1csc(-c2ccc(C(=O)N3CC(CO)CCC3C)cc2)n1. The predicted molar refractivity (Wildman–Crippen MR) is 92.6 cm³/mol. The fraction of sp³-hybridized carbons (Fsp3) is 0.444. The monoisotopic (exact) mass is 330 g/mol. The number of aromatic nitrogens is 1. The lowest BCUT2D eigenvalue weighted by Crippen LogP contribution is -2.46. The van der Waals surface area contributed by atoms with Crippen LogP contribution in [0.2, 0.25) is 0 Å². The van der Waals surface area contributed by atoms with Crippen LogP contribution in [0, 0.1) is 12.8 Å². The minimum atomic E-state index is 0.0533. The average molecular weight is 330 g/mol. The first-order chi connectivity index (χ1) is 11.1. The van der Waals surface area contributed by atoms with Crippen LogP contribution in [0.15, 0.2) is 29.6 Å². The molecule has 0 bridgehead atoms. The highest BCUT2D eigenvalue weighted by Gasteiger charge is 2.29. The number of nitrogens with zero attached hydrogens (tertiary/aromatic N) is 2. The molecule has 0 saturated carbocycles. The Bertz CT molecular complexity index is 681. The Hall–Kier alpha value is -1.72. The molecule has 0 aliphatic carbocycles. The van der Waals surface area contributed by atoms with E-state index in [4.69, 9.17) is 0 Å². The van der Waals surface area contributed by atoms with Gasteiger partial charge in [0.25, 0.3) is 5.91 Å². The molecule has 1 aromatic carbocycles. The Balaban J connectivity index is 1.77. The molecule has 2 unspecified atom stereocenters. The minimum absolute atomic E-state index is 0.0533. The van der Waals surface area contributed by atoms with Gasteiger partial charge < -0.3 is 10.0 Å². The van der Waals surface area contributed by atoms with Crippen molar-refractivity contribution in [3.05, 3.63) is 40.9 Å². The van der Waals surface area contributed by atoms with E-state index in [0.717, 1.165) is 29.1 Å². The Morgan fingerprint density at radius 2 is 2.09 bits per heavy atom. The summed E-state index contributed by atoms with van der Waals surface area (Å²) in [6, 6.07) is 7.91. The molecule has 4 nitrogen and oxygen atoms in total. The third-order valence-electron chi connectivity index (χ3n) is 4.50. The number of carbonyl (C=O) groups excluding carboxylic acids is 1. The van der Waals surface area contributed by atoms with Crippen LogP contribution in [0.25, 0.3) is 10.6 Å². The molecule has 2 aromatic rings. The molecule has 1 N–H and O–H groups in total. The molecule has 1 aliphatic heterocycles. The number of thiazole rings is 1. The highest BCUT2D eigenvalue weighted by molar-refractivity contribution is 7.13. The summed E-state index contributed by atoms with van der Waals surface area (Å²) in [6.45, 7) is 4.86. The standard InChI is InChI=1S/C18H22N2O2S/c1-12-11-23-17(19-12)15-5-7-16(8-6-15)18(22)20-9-14(10-21)4-3-13(20)2/h5-8,11,13-14,21H,3-4,9-10H2,1-2H3. The van der Waals surface area contributed by atoms with Gasteiger partial charge >= 0.3 is 0 Å². The molecular weight excluding hydrogens is 308 g/mol. The summed E-state index contributed by atoms with van der Waals surface area (Å²) in [5.74, 6) is 0.255. The van der Waals surface area contributed by atoms with Gasteiger partial charge in [-0.2, -0.15) is 0 Å². The fourth-order valence-electron chi connectivity index (χ4n) is 3.02. The molecular formula is C18H22N2O2S. The third-order valence-corrected chi connectivity index (χ3v) is 5.51. The molecule has 2 heterocycles. The van der Waals surface area contributed by atoms with Crippen LogP contribution in [-0.4, -0.2) is 40.1 Å².